The number of rotatable bonds is 7. The molecule has 0 aliphatic rings. The number of carbonyl (C=O) groups is 1. The number of hydrogen-bond donors (Lipinski definition) is 0. The molecule has 1 aromatic carbocycles. The summed E-state index contributed by atoms with van der Waals surface area (Å²) in [6.45, 7) is 2.88. The minimum Gasteiger partial charge on any atom is -0.460 e. The van der Waals surface area contributed by atoms with Gasteiger partial charge in [-0.2, -0.15) is 0 Å². The van der Waals surface area contributed by atoms with E-state index in [1.54, 1.807) is 0 Å². The molecule has 0 saturated heterocycles. The van der Waals surface area contributed by atoms with Gasteiger partial charge >= 0.3 is 5.97 Å². The van der Waals surface area contributed by atoms with Crippen molar-refractivity contribution in [2.24, 2.45) is 0 Å². The Morgan fingerprint density at radius 2 is 1.95 bits per heavy atom. The van der Waals surface area contributed by atoms with Gasteiger partial charge in [-0.05, 0) is 34.5 Å². The van der Waals surface area contributed by atoms with Gasteiger partial charge in [0.15, 0.2) is 0 Å². The summed E-state index contributed by atoms with van der Waals surface area (Å²) >= 11 is 8.88. The molecule has 21 heavy (non-hydrogen) atoms. The molecule has 9 heteroatoms. The maximum Gasteiger partial charge on any atom is 0.338 e. The predicted octanol–water partition coefficient (Wildman–Crippen LogP) is 3.61. The second-order valence-corrected chi connectivity index (χ2v) is 7.69. The van der Waals surface area contributed by atoms with Gasteiger partial charge in [-0.15, -0.1) is 0 Å². The average Bonchev–Trinajstić information content (AvgIpc) is 2.39. The van der Waals surface area contributed by atoms with Crippen molar-refractivity contribution in [2.75, 3.05) is 19.8 Å². The van der Waals surface area contributed by atoms with Gasteiger partial charge in [-0.1, -0.05) is 18.5 Å². The van der Waals surface area contributed by atoms with Crippen molar-refractivity contribution in [2.45, 2.75) is 18.2 Å². The minimum absolute atomic E-state index is 0.00193. The molecule has 0 radical (unpaired) electrons. The molecular weight excluding hydrogens is 407 g/mol. The highest BCUT2D eigenvalue weighted by Gasteiger charge is 2.21. The summed E-state index contributed by atoms with van der Waals surface area (Å²) in [7, 11) is 1.25. The molecule has 0 atom stereocenters. The number of carbonyl (C=O) groups excluding carboxylic acids is 1. The van der Waals surface area contributed by atoms with Gasteiger partial charge in [0, 0.05) is 17.3 Å². The maximum absolute atomic E-state index is 11.8. The van der Waals surface area contributed by atoms with Gasteiger partial charge in [0.25, 0.3) is 9.05 Å². The Balaban J connectivity index is 2.84. The number of ether oxygens (including phenoxy) is 2. The summed E-state index contributed by atoms with van der Waals surface area (Å²) in [4.78, 5) is 11.5. The average molecular weight is 420 g/mol. The molecule has 5 nitrogen and oxygen atoms in total. The fraction of sp³-hybridized carbons (Fsp3) is 0.417. The molecule has 118 valence electrons. The highest BCUT2D eigenvalue weighted by atomic mass is 79.9. The van der Waals surface area contributed by atoms with E-state index in [-0.39, 0.29) is 33.2 Å². The van der Waals surface area contributed by atoms with E-state index in [0.29, 0.717) is 6.61 Å². The van der Waals surface area contributed by atoms with E-state index in [1.807, 2.05) is 6.92 Å². The predicted molar refractivity (Wildman–Crippen MR) is 83.6 cm³/mol. The molecule has 0 aromatic heterocycles. The zero-order valence-electron chi connectivity index (χ0n) is 11.1. The quantitative estimate of drug-likeness (QED) is 0.383. The van der Waals surface area contributed by atoms with Crippen molar-refractivity contribution in [3.63, 3.8) is 0 Å². The largest absolute Gasteiger partial charge is 0.460 e. The maximum atomic E-state index is 11.8. The zero-order valence-corrected chi connectivity index (χ0v) is 15.0. The van der Waals surface area contributed by atoms with Crippen molar-refractivity contribution in [1.29, 1.82) is 0 Å². The first-order valence-electron chi connectivity index (χ1n) is 5.96. The van der Waals surface area contributed by atoms with Crippen LogP contribution in [0.1, 0.15) is 23.7 Å². The fourth-order valence-electron chi connectivity index (χ4n) is 1.38. The van der Waals surface area contributed by atoms with Gasteiger partial charge in [0.05, 0.1) is 26.6 Å². The van der Waals surface area contributed by atoms with Crippen molar-refractivity contribution < 1.29 is 22.7 Å². The van der Waals surface area contributed by atoms with E-state index in [1.165, 1.54) is 6.07 Å². The molecule has 0 bridgehead atoms. The van der Waals surface area contributed by atoms with Crippen LogP contribution in [0.25, 0.3) is 0 Å². The van der Waals surface area contributed by atoms with E-state index in [9.17, 15) is 13.2 Å². The van der Waals surface area contributed by atoms with Crippen molar-refractivity contribution >= 4 is 53.2 Å². The Hall–Kier alpha value is -0.340. The van der Waals surface area contributed by atoms with Crippen LogP contribution in [0.4, 0.5) is 0 Å². The van der Waals surface area contributed by atoms with Gasteiger partial charge in [0.1, 0.15) is 6.61 Å². The first-order chi connectivity index (χ1) is 9.77. The topological polar surface area (TPSA) is 69.7 Å². The van der Waals surface area contributed by atoms with Gasteiger partial charge in [-0.3, -0.25) is 0 Å². The molecule has 0 aliphatic heterocycles. The third-order valence-electron chi connectivity index (χ3n) is 2.30. The first kappa shape index (κ1) is 18.7. The Bertz CT molecular complexity index is 618. The van der Waals surface area contributed by atoms with Crippen LogP contribution in [0, 0.1) is 0 Å². The van der Waals surface area contributed by atoms with Crippen LogP contribution < -0.4 is 0 Å². The van der Waals surface area contributed by atoms with Crippen LogP contribution in [0.2, 0.25) is 5.02 Å². The molecule has 0 aliphatic carbocycles. The molecule has 0 heterocycles. The Labute approximate surface area is 141 Å². The molecule has 0 saturated carbocycles. The second-order valence-electron chi connectivity index (χ2n) is 3.96. The van der Waals surface area contributed by atoms with E-state index in [2.05, 4.69) is 15.9 Å². The zero-order chi connectivity index (χ0) is 16.0. The van der Waals surface area contributed by atoms with Crippen LogP contribution in [0.3, 0.4) is 0 Å². The number of halogens is 3. The molecule has 0 N–H and O–H groups in total. The lowest BCUT2D eigenvalue weighted by Gasteiger charge is -2.08. The lowest BCUT2D eigenvalue weighted by atomic mass is 10.2. The molecule has 0 unspecified atom stereocenters. The number of esters is 1. The van der Waals surface area contributed by atoms with Gasteiger partial charge < -0.3 is 9.47 Å². The summed E-state index contributed by atoms with van der Waals surface area (Å²) in [5.74, 6) is -0.703. The first-order valence-corrected chi connectivity index (χ1v) is 9.44. The SMILES string of the molecule is CCCOCCOC(=O)c1cc(Cl)c(Br)c(S(=O)(=O)Cl)c1. The van der Waals surface area contributed by atoms with Gasteiger partial charge in [-0.25, -0.2) is 13.2 Å². The van der Waals surface area contributed by atoms with Crippen LogP contribution in [0.15, 0.2) is 21.5 Å². The number of hydrogen-bond acceptors (Lipinski definition) is 5. The Kier molecular flexibility index (Phi) is 7.42. The molecule has 1 aromatic rings. The molecule has 1 rings (SSSR count). The third kappa shape index (κ3) is 5.75. The van der Waals surface area contributed by atoms with Crippen molar-refractivity contribution in [1.82, 2.24) is 0 Å². The minimum atomic E-state index is -4.04. The molecule has 0 fully saturated rings. The Morgan fingerprint density at radius 1 is 1.29 bits per heavy atom. The second kappa shape index (κ2) is 8.33. The third-order valence-corrected chi connectivity index (χ3v) is 5.29. The smallest absolute Gasteiger partial charge is 0.338 e. The van der Waals surface area contributed by atoms with Crippen LogP contribution in [-0.2, 0) is 18.5 Å². The van der Waals surface area contributed by atoms with Crippen LogP contribution >= 0.6 is 38.2 Å². The molecule has 0 amide bonds. The summed E-state index contributed by atoms with van der Waals surface area (Å²) in [6.07, 6.45) is 0.868. The fourth-order valence-corrected chi connectivity index (χ4v) is 3.76. The van der Waals surface area contributed by atoms with Crippen LogP contribution in [-0.4, -0.2) is 34.2 Å². The van der Waals surface area contributed by atoms with E-state index < -0.39 is 15.0 Å². The van der Waals surface area contributed by atoms with Crippen LogP contribution in [0.5, 0.6) is 0 Å². The summed E-state index contributed by atoms with van der Waals surface area (Å²) < 4.78 is 33.1. The number of benzene rings is 1. The van der Waals surface area contributed by atoms with Gasteiger partial charge in [0.2, 0.25) is 0 Å². The van der Waals surface area contributed by atoms with E-state index >= 15 is 0 Å². The van der Waals surface area contributed by atoms with Crippen molar-refractivity contribution in [3.05, 3.63) is 27.2 Å². The molecule has 0 spiro atoms. The van der Waals surface area contributed by atoms with Crippen molar-refractivity contribution in [3.8, 4) is 0 Å². The normalized spacial score (nSPS) is 11.4. The Morgan fingerprint density at radius 3 is 2.52 bits per heavy atom. The monoisotopic (exact) mass is 418 g/mol. The summed E-state index contributed by atoms with van der Waals surface area (Å²) in [5.41, 5.74) is -0.00193. The highest BCUT2D eigenvalue weighted by molar-refractivity contribution is 9.10. The lowest BCUT2D eigenvalue weighted by molar-refractivity contribution is 0.0318. The van der Waals surface area contributed by atoms with E-state index in [4.69, 9.17) is 31.8 Å². The highest BCUT2D eigenvalue weighted by Crippen LogP contribution is 2.33. The summed E-state index contributed by atoms with van der Waals surface area (Å²) in [5, 5.41) is 0.0471. The standard InChI is InChI=1S/C12H13BrCl2O5S/c1-2-3-19-4-5-20-12(16)8-6-9(14)11(13)10(7-8)21(15,17)18/h6-7H,2-5H2,1H3. The lowest BCUT2D eigenvalue weighted by Crippen LogP contribution is -2.12. The summed E-state index contributed by atoms with van der Waals surface area (Å²) in [6, 6.07) is 2.40. The van der Waals surface area contributed by atoms with E-state index in [0.717, 1.165) is 12.5 Å². The molecular formula is C12H13BrCl2O5S.